The van der Waals surface area contributed by atoms with Gasteiger partial charge in [0.1, 0.15) is 18.1 Å². The van der Waals surface area contributed by atoms with Crippen molar-refractivity contribution in [1.29, 1.82) is 0 Å². The third kappa shape index (κ3) is 7.66. The normalized spacial score (nSPS) is 17.6. The highest BCUT2D eigenvalue weighted by Crippen LogP contribution is 2.18. The summed E-state index contributed by atoms with van der Waals surface area (Å²) < 4.78 is 0. The number of hydrogen-bond acceptors (Lipinski definition) is 7. The van der Waals surface area contributed by atoms with Crippen LogP contribution in [0.25, 0.3) is 0 Å². The fraction of sp³-hybridized carbons (Fsp3) is 0.647. The predicted molar refractivity (Wildman–Crippen MR) is 99.0 cm³/mol. The van der Waals surface area contributed by atoms with Crippen molar-refractivity contribution in [3.05, 3.63) is 0 Å². The van der Waals surface area contributed by atoms with Crippen molar-refractivity contribution in [2.45, 2.75) is 56.7 Å². The molecular formula is C17H26N4O9. The molecule has 0 aromatic carbocycles. The first-order chi connectivity index (χ1) is 14.1. The lowest BCUT2D eigenvalue weighted by Gasteiger charge is -2.26. The van der Waals surface area contributed by atoms with Crippen molar-refractivity contribution in [2.75, 3.05) is 13.1 Å². The second-order valence-corrected chi connectivity index (χ2v) is 6.77. The van der Waals surface area contributed by atoms with Crippen LogP contribution < -0.4 is 16.4 Å². The number of aliphatic carboxylic acids is 3. The molecule has 1 aliphatic rings. The van der Waals surface area contributed by atoms with Gasteiger partial charge in [-0.3, -0.25) is 24.0 Å². The Morgan fingerprint density at radius 2 is 1.50 bits per heavy atom. The largest absolute Gasteiger partial charge is 0.481 e. The van der Waals surface area contributed by atoms with Crippen LogP contribution in [-0.2, 0) is 28.8 Å². The van der Waals surface area contributed by atoms with E-state index in [1.54, 1.807) is 0 Å². The second kappa shape index (κ2) is 11.7. The van der Waals surface area contributed by atoms with Gasteiger partial charge in [-0.2, -0.15) is 0 Å². The molecule has 0 saturated carbocycles. The van der Waals surface area contributed by atoms with E-state index in [4.69, 9.17) is 21.1 Å². The molecule has 1 aliphatic heterocycles. The van der Waals surface area contributed by atoms with Gasteiger partial charge < -0.3 is 36.6 Å². The standard InChI is InChI=1S/C17H26N4O9/c18-8-12(22)21-7-1-2-11(21)16(28)19-9(3-5-13(23)24)15(27)20-10(17(29)30)4-6-14(25)26/h9-11H,1-8,18H2,(H,19,28)(H,20,27)(H,23,24)(H,25,26)(H,29,30). The summed E-state index contributed by atoms with van der Waals surface area (Å²) in [6.45, 7) is 0.0208. The van der Waals surface area contributed by atoms with E-state index in [9.17, 15) is 28.8 Å². The summed E-state index contributed by atoms with van der Waals surface area (Å²) in [5.41, 5.74) is 5.33. The number of rotatable bonds is 12. The molecular weight excluding hydrogens is 404 g/mol. The Hall–Kier alpha value is -3.22. The molecule has 13 heteroatoms. The zero-order chi connectivity index (χ0) is 22.8. The highest BCUT2D eigenvalue weighted by Gasteiger charge is 2.36. The minimum Gasteiger partial charge on any atom is -0.481 e. The summed E-state index contributed by atoms with van der Waals surface area (Å²) in [7, 11) is 0. The van der Waals surface area contributed by atoms with Gasteiger partial charge in [-0.05, 0) is 25.7 Å². The van der Waals surface area contributed by atoms with Crippen LogP contribution in [0.4, 0.5) is 0 Å². The van der Waals surface area contributed by atoms with Crippen molar-refractivity contribution in [3.63, 3.8) is 0 Å². The van der Waals surface area contributed by atoms with Crippen LogP contribution in [0.5, 0.6) is 0 Å². The lowest BCUT2D eigenvalue weighted by atomic mass is 10.1. The van der Waals surface area contributed by atoms with Crippen molar-refractivity contribution in [3.8, 4) is 0 Å². The van der Waals surface area contributed by atoms with Crippen LogP contribution in [0.3, 0.4) is 0 Å². The third-order valence-electron chi connectivity index (χ3n) is 4.59. The molecule has 0 aromatic rings. The molecule has 30 heavy (non-hydrogen) atoms. The lowest BCUT2D eigenvalue weighted by molar-refractivity contribution is -0.144. The molecule has 0 spiro atoms. The van der Waals surface area contributed by atoms with Gasteiger partial charge in [0.05, 0.1) is 6.54 Å². The van der Waals surface area contributed by atoms with Gasteiger partial charge in [-0.25, -0.2) is 4.79 Å². The molecule has 1 heterocycles. The quantitative estimate of drug-likeness (QED) is 0.195. The molecule has 7 N–H and O–H groups in total. The van der Waals surface area contributed by atoms with Crippen LogP contribution in [-0.4, -0.2) is 87.1 Å². The first-order valence-corrected chi connectivity index (χ1v) is 9.33. The molecule has 3 amide bonds. The number of hydrogen-bond donors (Lipinski definition) is 6. The molecule has 3 unspecified atom stereocenters. The van der Waals surface area contributed by atoms with E-state index in [2.05, 4.69) is 10.6 Å². The lowest BCUT2D eigenvalue weighted by Crippen LogP contribution is -2.55. The van der Waals surface area contributed by atoms with E-state index in [0.717, 1.165) is 0 Å². The van der Waals surface area contributed by atoms with Gasteiger partial charge >= 0.3 is 17.9 Å². The first-order valence-electron chi connectivity index (χ1n) is 9.33. The van der Waals surface area contributed by atoms with Gasteiger partial charge in [-0.1, -0.05) is 0 Å². The Morgan fingerprint density at radius 3 is 2.00 bits per heavy atom. The van der Waals surface area contributed by atoms with Crippen molar-refractivity contribution >= 4 is 35.6 Å². The average Bonchev–Trinajstić information content (AvgIpc) is 3.16. The van der Waals surface area contributed by atoms with E-state index in [-0.39, 0.29) is 13.0 Å². The number of carboxylic acids is 3. The molecule has 168 valence electrons. The minimum atomic E-state index is -1.53. The summed E-state index contributed by atoms with van der Waals surface area (Å²) in [5, 5.41) is 31.2. The van der Waals surface area contributed by atoms with Gasteiger partial charge in [0, 0.05) is 19.4 Å². The Bertz CT molecular complexity index is 697. The zero-order valence-electron chi connectivity index (χ0n) is 16.2. The summed E-state index contributed by atoms with van der Waals surface area (Å²) in [6.07, 6.45) is -0.830. The highest BCUT2D eigenvalue weighted by molar-refractivity contribution is 5.94. The number of nitrogens with two attached hydrogens (primary N) is 1. The molecule has 0 bridgehead atoms. The number of carbonyl (C=O) groups excluding carboxylic acids is 3. The number of nitrogens with zero attached hydrogens (tertiary/aromatic N) is 1. The van der Waals surface area contributed by atoms with E-state index < -0.39 is 73.0 Å². The fourth-order valence-electron chi connectivity index (χ4n) is 3.06. The van der Waals surface area contributed by atoms with E-state index in [0.29, 0.717) is 19.4 Å². The SMILES string of the molecule is NCC(=O)N1CCCC1C(=O)NC(CCC(=O)O)C(=O)NC(CCC(=O)O)C(=O)O. The average molecular weight is 430 g/mol. The van der Waals surface area contributed by atoms with Crippen LogP contribution in [0.1, 0.15) is 38.5 Å². The zero-order valence-corrected chi connectivity index (χ0v) is 16.2. The maximum Gasteiger partial charge on any atom is 0.326 e. The Balaban J connectivity index is 2.88. The van der Waals surface area contributed by atoms with E-state index in [1.165, 1.54) is 4.90 Å². The Labute approximate surface area is 171 Å². The van der Waals surface area contributed by atoms with Gasteiger partial charge in [-0.15, -0.1) is 0 Å². The number of carboxylic acid groups (broad SMARTS) is 3. The molecule has 3 atom stereocenters. The number of carbonyl (C=O) groups is 6. The number of amides is 3. The summed E-state index contributed by atoms with van der Waals surface area (Å²) in [4.78, 5) is 71.1. The van der Waals surface area contributed by atoms with Crippen LogP contribution in [0, 0.1) is 0 Å². The van der Waals surface area contributed by atoms with Crippen molar-refractivity contribution in [2.24, 2.45) is 5.73 Å². The molecule has 0 aromatic heterocycles. The van der Waals surface area contributed by atoms with Crippen LogP contribution in [0.15, 0.2) is 0 Å². The Morgan fingerprint density at radius 1 is 0.933 bits per heavy atom. The molecule has 13 nitrogen and oxygen atoms in total. The van der Waals surface area contributed by atoms with Crippen molar-refractivity contribution < 1.29 is 44.1 Å². The molecule has 0 aliphatic carbocycles. The van der Waals surface area contributed by atoms with E-state index >= 15 is 0 Å². The maximum atomic E-state index is 12.6. The summed E-state index contributed by atoms with van der Waals surface area (Å²) in [6, 6.07) is -3.78. The number of nitrogens with one attached hydrogen (secondary N) is 2. The van der Waals surface area contributed by atoms with E-state index in [1.807, 2.05) is 0 Å². The number of likely N-dealkylation sites (tertiary alicyclic amines) is 1. The summed E-state index contributed by atoms with van der Waals surface area (Å²) >= 11 is 0. The predicted octanol–water partition coefficient (Wildman–Crippen LogP) is -2.28. The van der Waals surface area contributed by atoms with Crippen LogP contribution in [0.2, 0.25) is 0 Å². The molecule has 1 saturated heterocycles. The third-order valence-corrected chi connectivity index (χ3v) is 4.59. The highest BCUT2D eigenvalue weighted by atomic mass is 16.4. The second-order valence-electron chi connectivity index (χ2n) is 6.77. The van der Waals surface area contributed by atoms with Gasteiger partial charge in [0.25, 0.3) is 0 Å². The molecule has 1 fully saturated rings. The molecule has 1 rings (SSSR count). The minimum absolute atomic E-state index is 0.295. The monoisotopic (exact) mass is 430 g/mol. The Kier molecular flexibility index (Phi) is 9.68. The van der Waals surface area contributed by atoms with Crippen molar-refractivity contribution in [1.82, 2.24) is 15.5 Å². The van der Waals surface area contributed by atoms with Gasteiger partial charge in [0.15, 0.2) is 0 Å². The van der Waals surface area contributed by atoms with Gasteiger partial charge in [0.2, 0.25) is 17.7 Å². The van der Waals surface area contributed by atoms with Crippen LogP contribution >= 0.6 is 0 Å². The first kappa shape index (κ1) is 24.8. The maximum absolute atomic E-state index is 12.6. The molecule has 0 radical (unpaired) electrons. The topological polar surface area (TPSA) is 216 Å². The summed E-state index contributed by atoms with van der Waals surface area (Å²) in [5.74, 6) is -6.04. The fourth-order valence-corrected chi connectivity index (χ4v) is 3.06. The smallest absolute Gasteiger partial charge is 0.326 e.